The van der Waals surface area contributed by atoms with Crippen molar-refractivity contribution in [3.8, 4) is 0 Å². The third kappa shape index (κ3) is 3.85. The maximum atomic E-state index is 2.24. The van der Waals surface area contributed by atoms with Crippen molar-refractivity contribution in [1.29, 1.82) is 0 Å². The molecule has 0 radical (unpaired) electrons. The van der Waals surface area contributed by atoms with E-state index in [0.717, 1.165) is 0 Å². The molecule has 0 saturated carbocycles. The van der Waals surface area contributed by atoms with Gasteiger partial charge in [-0.05, 0) is 41.0 Å². The maximum absolute atomic E-state index is 2.24. The van der Waals surface area contributed by atoms with Gasteiger partial charge in [0, 0.05) is 45.5 Å². The minimum absolute atomic E-state index is 0.244. The summed E-state index contributed by atoms with van der Waals surface area (Å²) >= 11 is 0. The zero-order valence-electron chi connectivity index (χ0n) is 15.5. The van der Waals surface area contributed by atoms with E-state index >= 15 is 0 Å². The van der Waals surface area contributed by atoms with E-state index in [0.29, 0.717) is 0 Å². The summed E-state index contributed by atoms with van der Waals surface area (Å²) in [6.07, 6.45) is 0. The molecule has 0 saturated heterocycles. The number of nitrogens with zero attached hydrogens (tertiary/aromatic N) is 2. The molecular weight excluding hydrogens is 308 g/mol. The lowest BCUT2D eigenvalue weighted by atomic mass is 9.85. The summed E-state index contributed by atoms with van der Waals surface area (Å²) in [5.41, 5.74) is 6.39. The van der Waals surface area contributed by atoms with Crippen LogP contribution in [-0.4, -0.2) is 28.2 Å². The highest BCUT2D eigenvalue weighted by molar-refractivity contribution is 5.53. The van der Waals surface area contributed by atoms with Crippen LogP contribution in [0.4, 0.5) is 11.4 Å². The smallest absolute Gasteiger partial charge is 0.0361 e. The summed E-state index contributed by atoms with van der Waals surface area (Å²) in [4.78, 5) is 4.26. The Morgan fingerprint density at radius 2 is 0.840 bits per heavy atom. The van der Waals surface area contributed by atoms with E-state index in [4.69, 9.17) is 0 Å². The molecule has 0 aliphatic heterocycles. The highest BCUT2D eigenvalue weighted by Crippen LogP contribution is 2.33. The summed E-state index contributed by atoms with van der Waals surface area (Å²) in [6.45, 7) is 0. The van der Waals surface area contributed by atoms with E-state index in [2.05, 4.69) is 117 Å². The van der Waals surface area contributed by atoms with Gasteiger partial charge in [-0.3, -0.25) is 0 Å². The van der Waals surface area contributed by atoms with E-state index in [9.17, 15) is 0 Å². The van der Waals surface area contributed by atoms with Crippen molar-refractivity contribution in [2.24, 2.45) is 0 Å². The minimum atomic E-state index is 0.244. The molecule has 3 rings (SSSR count). The van der Waals surface area contributed by atoms with Crippen LogP contribution in [0.15, 0.2) is 78.9 Å². The van der Waals surface area contributed by atoms with Gasteiger partial charge in [0.1, 0.15) is 0 Å². The van der Waals surface area contributed by atoms with Crippen molar-refractivity contribution >= 4 is 11.4 Å². The van der Waals surface area contributed by atoms with Gasteiger partial charge in [-0.25, -0.2) is 0 Å². The van der Waals surface area contributed by atoms with E-state index in [1.807, 2.05) is 0 Å². The molecule has 3 aromatic rings. The quantitative estimate of drug-likeness (QED) is 0.478. The van der Waals surface area contributed by atoms with Gasteiger partial charge in [-0.1, -0.05) is 54.6 Å². The van der Waals surface area contributed by atoms with Crippen LogP contribution in [0.2, 0.25) is 0 Å². The summed E-state index contributed by atoms with van der Waals surface area (Å²) < 4.78 is 0. The van der Waals surface area contributed by atoms with Crippen LogP contribution >= 0.6 is 0 Å². The first-order valence-electron chi connectivity index (χ1n) is 8.66. The molecule has 0 aromatic heterocycles. The van der Waals surface area contributed by atoms with Gasteiger partial charge >= 0.3 is 0 Å². The Balaban J connectivity index is 2.04. The lowest BCUT2D eigenvalue weighted by molar-refractivity contribution is 0.973. The monoisotopic (exact) mass is 334 g/mol. The molecule has 0 heterocycles. The van der Waals surface area contributed by atoms with Crippen LogP contribution in [0.25, 0.3) is 0 Å². The van der Waals surface area contributed by atoms with E-state index in [-0.39, 0.29) is 5.92 Å². The van der Waals surface area contributed by atoms with Crippen molar-refractivity contribution < 1.29 is 0 Å². The van der Waals surface area contributed by atoms with E-state index < -0.39 is 0 Å². The van der Waals surface area contributed by atoms with E-state index in [1.165, 1.54) is 28.1 Å². The summed E-state index contributed by atoms with van der Waals surface area (Å²) in [6, 6.07) is 28.5. The predicted octanol–water partition coefficient (Wildman–Crippen LogP) is 5.00. The molecular formula is C23H26N2. The van der Waals surface area contributed by atoms with Gasteiger partial charge in [0.15, 0.2) is 0 Å². The number of anilines is 2. The fourth-order valence-electron chi connectivity index (χ4n) is 3.15. The van der Waals surface area contributed by atoms with Gasteiger partial charge in [-0.15, -0.1) is 0 Å². The third-order valence-electron chi connectivity index (χ3n) is 4.62. The van der Waals surface area contributed by atoms with Gasteiger partial charge in [0.05, 0.1) is 0 Å². The van der Waals surface area contributed by atoms with Crippen LogP contribution < -0.4 is 9.80 Å². The van der Waals surface area contributed by atoms with Gasteiger partial charge in [0.2, 0.25) is 0 Å². The Hall–Kier alpha value is -2.74. The minimum Gasteiger partial charge on any atom is -0.378 e. The van der Waals surface area contributed by atoms with Gasteiger partial charge in [-0.2, -0.15) is 0 Å². The molecule has 0 aliphatic rings. The topological polar surface area (TPSA) is 6.48 Å². The molecule has 0 atom stereocenters. The highest BCUT2D eigenvalue weighted by Gasteiger charge is 2.16. The van der Waals surface area contributed by atoms with Gasteiger partial charge < -0.3 is 9.80 Å². The van der Waals surface area contributed by atoms with Crippen molar-refractivity contribution in [1.82, 2.24) is 0 Å². The van der Waals surface area contributed by atoms with Crippen LogP contribution in [-0.2, 0) is 0 Å². The Morgan fingerprint density at radius 3 is 1.20 bits per heavy atom. The zero-order chi connectivity index (χ0) is 17.8. The Labute approximate surface area is 151 Å². The van der Waals surface area contributed by atoms with Crippen LogP contribution in [0.3, 0.4) is 0 Å². The number of hydrogen-bond donors (Lipinski definition) is 0. The molecule has 25 heavy (non-hydrogen) atoms. The van der Waals surface area contributed by atoms with E-state index in [1.54, 1.807) is 0 Å². The zero-order valence-corrected chi connectivity index (χ0v) is 15.5. The molecule has 0 bridgehead atoms. The van der Waals surface area contributed by atoms with Crippen LogP contribution in [0.5, 0.6) is 0 Å². The normalized spacial score (nSPS) is 10.8. The van der Waals surface area contributed by atoms with Crippen molar-refractivity contribution in [2.75, 3.05) is 38.0 Å². The fourth-order valence-corrected chi connectivity index (χ4v) is 3.15. The predicted molar refractivity (Wildman–Crippen MR) is 109 cm³/mol. The average molecular weight is 334 g/mol. The standard InChI is InChI=1S/C23H26N2/c1-24(2)21-14-10-19(11-15-21)23(18-8-6-5-7-9-18)20-12-16-22(17-13-20)25(3)4/h5-17,23H,1-4H3/i1+1,2+1,3+1,4+1. The lowest BCUT2D eigenvalue weighted by Crippen LogP contribution is -2.10. The molecule has 128 valence electrons. The third-order valence-corrected chi connectivity index (χ3v) is 4.62. The molecule has 0 aliphatic carbocycles. The molecule has 0 amide bonds. The Bertz CT molecular complexity index is 736. The van der Waals surface area contributed by atoms with Crippen LogP contribution in [0.1, 0.15) is 22.6 Å². The molecule has 0 fully saturated rings. The molecule has 0 spiro atoms. The summed E-state index contributed by atoms with van der Waals surface area (Å²) in [5, 5.41) is 0. The SMILES string of the molecule is [13CH3]N([13CH3])c1ccc(C(c2ccccc2)c2ccc(N([13CH3])[13CH3])cc2)cc1. The number of hydrogen-bond acceptors (Lipinski definition) is 2. The first-order chi connectivity index (χ1) is 12.1. The van der Waals surface area contributed by atoms with Crippen molar-refractivity contribution in [3.63, 3.8) is 0 Å². The Kier molecular flexibility index (Phi) is 5.08. The summed E-state index contributed by atoms with van der Waals surface area (Å²) in [7, 11) is 8.29. The summed E-state index contributed by atoms with van der Waals surface area (Å²) in [5.74, 6) is 0.244. The lowest BCUT2D eigenvalue weighted by Gasteiger charge is -2.21. The second-order valence-electron chi connectivity index (χ2n) is 6.82. The van der Waals surface area contributed by atoms with Crippen molar-refractivity contribution in [3.05, 3.63) is 95.6 Å². The second kappa shape index (κ2) is 7.43. The molecule has 2 nitrogen and oxygen atoms in total. The average Bonchev–Trinajstić information content (AvgIpc) is 2.64. The second-order valence-corrected chi connectivity index (χ2v) is 6.82. The maximum Gasteiger partial charge on any atom is 0.0361 e. The molecule has 2 heteroatoms. The fraction of sp³-hybridized carbons (Fsp3) is 0.217. The first kappa shape index (κ1) is 17.1. The van der Waals surface area contributed by atoms with Crippen LogP contribution in [0, 0.1) is 0 Å². The molecule has 0 N–H and O–H groups in total. The first-order valence-corrected chi connectivity index (χ1v) is 8.66. The number of benzene rings is 3. The van der Waals surface area contributed by atoms with Crippen molar-refractivity contribution in [2.45, 2.75) is 5.92 Å². The van der Waals surface area contributed by atoms with Gasteiger partial charge in [0.25, 0.3) is 0 Å². The number of rotatable bonds is 5. The highest BCUT2D eigenvalue weighted by atomic mass is 15.3. The molecule has 3 aromatic carbocycles. The molecule has 0 unspecified atom stereocenters. The largest absolute Gasteiger partial charge is 0.378 e. The Morgan fingerprint density at radius 1 is 0.480 bits per heavy atom.